The van der Waals surface area contributed by atoms with Crippen LogP contribution in [-0.4, -0.2) is 40.9 Å². The van der Waals surface area contributed by atoms with Gasteiger partial charge in [-0.05, 0) is 19.4 Å². The van der Waals surface area contributed by atoms with Crippen molar-refractivity contribution < 1.29 is 4.79 Å². The Balaban J connectivity index is 0.00000220. The fourth-order valence-electron chi connectivity index (χ4n) is 2.42. The highest BCUT2D eigenvalue weighted by Gasteiger charge is 2.22. The number of nitrogens with one attached hydrogen (secondary N) is 1. The minimum atomic E-state index is 0. The standard InChI is InChI=1S/C16H24N2OS.ClH/c1-13(2)18(11-14-6-4-3-5-7-14)16(19)10-15-12-20-9-8-17-15;/h3-7,13,15,17H,8-12H2,1-2H3;1H. The maximum Gasteiger partial charge on any atom is 0.224 e. The lowest BCUT2D eigenvalue weighted by molar-refractivity contribution is -0.134. The summed E-state index contributed by atoms with van der Waals surface area (Å²) in [5.41, 5.74) is 1.19. The van der Waals surface area contributed by atoms with E-state index in [1.54, 1.807) is 0 Å². The van der Waals surface area contributed by atoms with Crippen LogP contribution < -0.4 is 5.32 Å². The molecule has 1 amide bonds. The van der Waals surface area contributed by atoms with Crippen molar-refractivity contribution >= 4 is 30.1 Å². The average Bonchev–Trinajstić information content (AvgIpc) is 2.46. The number of hydrogen-bond acceptors (Lipinski definition) is 3. The van der Waals surface area contributed by atoms with Crippen LogP contribution in [0.2, 0.25) is 0 Å². The summed E-state index contributed by atoms with van der Waals surface area (Å²) >= 11 is 1.94. The SMILES string of the molecule is CC(C)N(Cc1ccccc1)C(=O)CC1CSCCN1.Cl. The molecule has 1 saturated heterocycles. The number of nitrogens with zero attached hydrogens (tertiary/aromatic N) is 1. The van der Waals surface area contributed by atoms with Crippen molar-refractivity contribution in [2.75, 3.05) is 18.1 Å². The van der Waals surface area contributed by atoms with Crippen molar-refractivity contribution in [2.24, 2.45) is 0 Å². The highest BCUT2D eigenvalue weighted by atomic mass is 35.5. The molecule has 1 aromatic carbocycles. The Morgan fingerprint density at radius 2 is 2.10 bits per heavy atom. The molecule has 0 aliphatic carbocycles. The zero-order chi connectivity index (χ0) is 14.4. The van der Waals surface area contributed by atoms with Gasteiger partial charge >= 0.3 is 0 Å². The van der Waals surface area contributed by atoms with Crippen molar-refractivity contribution in [3.05, 3.63) is 35.9 Å². The molecule has 1 fully saturated rings. The van der Waals surface area contributed by atoms with E-state index in [1.807, 2.05) is 34.9 Å². The Morgan fingerprint density at radius 3 is 2.67 bits per heavy atom. The topological polar surface area (TPSA) is 32.3 Å². The molecule has 0 bridgehead atoms. The van der Waals surface area contributed by atoms with Crippen LogP contribution in [0.1, 0.15) is 25.8 Å². The first-order valence-corrected chi connectivity index (χ1v) is 8.47. The number of hydrogen-bond donors (Lipinski definition) is 1. The largest absolute Gasteiger partial charge is 0.336 e. The van der Waals surface area contributed by atoms with Crippen molar-refractivity contribution in [3.63, 3.8) is 0 Å². The first kappa shape index (κ1) is 18.3. The molecule has 21 heavy (non-hydrogen) atoms. The predicted octanol–water partition coefficient (Wildman–Crippen LogP) is 2.94. The molecule has 1 N–H and O–H groups in total. The third-order valence-corrected chi connectivity index (χ3v) is 4.69. The lowest BCUT2D eigenvalue weighted by Crippen LogP contribution is -2.44. The highest BCUT2D eigenvalue weighted by Crippen LogP contribution is 2.15. The summed E-state index contributed by atoms with van der Waals surface area (Å²) < 4.78 is 0. The zero-order valence-electron chi connectivity index (χ0n) is 12.7. The molecule has 0 saturated carbocycles. The van der Waals surface area contributed by atoms with Gasteiger partial charge in [-0.1, -0.05) is 30.3 Å². The van der Waals surface area contributed by atoms with Gasteiger partial charge in [0.2, 0.25) is 5.91 Å². The molecule has 2 rings (SSSR count). The van der Waals surface area contributed by atoms with Crippen LogP contribution in [0.5, 0.6) is 0 Å². The van der Waals surface area contributed by atoms with E-state index in [0.717, 1.165) is 18.1 Å². The molecular formula is C16H25ClN2OS. The summed E-state index contributed by atoms with van der Waals surface area (Å²) in [6, 6.07) is 10.8. The molecule has 5 heteroatoms. The molecular weight excluding hydrogens is 304 g/mol. The Labute approximate surface area is 138 Å². The quantitative estimate of drug-likeness (QED) is 0.902. The van der Waals surface area contributed by atoms with Crippen LogP contribution in [0, 0.1) is 0 Å². The van der Waals surface area contributed by atoms with Crippen LogP contribution in [-0.2, 0) is 11.3 Å². The fourth-order valence-corrected chi connectivity index (χ4v) is 3.37. The predicted molar refractivity (Wildman–Crippen MR) is 93.1 cm³/mol. The first-order chi connectivity index (χ1) is 9.66. The second-order valence-electron chi connectivity index (χ2n) is 5.53. The Hall–Kier alpha value is -0.710. The molecule has 1 aliphatic rings. The summed E-state index contributed by atoms with van der Waals surface area (Å²) in [6.45, 7) is 5.90. The Bertz CT molecular complexity index is 422. The van der Waals surface area contributed by atoms with Crippen LogP contribution in [0.3, 0.4) is 0 Å². The molecule has 0 radical (unpaired) electrons. The number of carbonyl (C=O) groups is 1. The molecule has 1 heterocycles. The molecule has 1 atom stereocenters. The van der Waals surface area contributed by atoms with Crippen LogP contribution in [0.25, 0.3) is 0 Å². The van der Waals surface area contributed by atoms with Crippen molar-refractivity contribution in [3.8, 4) is 0 Å². The first-order valence-electron chi connectivity index (χ1n) is 7.31. The summed E-state index contributed by atoms with van der Waals surface area (Å²) in [7, 11) is 0. The van der Waals surface area contributed by atoms with Gasteiger partial charge in [0.25, 0.3) is 0 Å². The van der Waals surface area contributed by atoms with Gasteiger partial charge in [-0.2, -0.15) is 11.8 Å². The lowest BCUT2D eigenvalue weighted by Gasteiger charge is -2.30. The number of amides is 1. The van der Waals surface area contributed by atoms with E-state index in [0.29, 0.717) is 19.0 Å². The lowest BCUT2D eigenvalue weighted by atomic mass is 10.1. The smallest absolute Gasteiger partial charge is 0.224 e. The van der Waals surface area contributed by atoms with E-state index >= 15 is 0 Å². The number of thioether (sulfide) groups is 1. The second-order valence-corrected chi connectivity index (χ2v) is 6.68. The molecule has 1 aliphatic heterocycles. The average molecular weight is 329 g/mol. The summed E-state index contributed by atoms with van der Waals surface area (Å²) in [5, 5.41) is 3.44. The number of benzene rings is 1. The van der Waals surface area contributed by atoms with E-state index in [-0.39, 0.29) is 24.4 Å². The van der Waals surface area contributed by atoms with E-state index in [1.165, 1.54) is 5.56 Å². The minimum Gasteiger partial charge on any atom is -0.336 e. The molecule has 118 valence electrons. The van der Waals surface area contributed by atoms with Gasteiger partial charge in [0, 0.05) is 43.1 Å². The van der Waals surface area contributed by atoms with Gasteiger partial charge in [-0.25, -0.2) is 0 Å². The van der Waals surface area contributed by atoms with Crippen molar-refractivity contribution in [2.45, 2.75) is 38.9 Å². The van der Waals surface area contributed by atoms with E-state index < -0.39 is 0 Å². The number of carbonyl (C=O) groups excluding carboxylic acids is 1. The monoisotopic (exact) mass is 328 g/mol. The molecule has 0 aromatic heterocycles. The maximum atomic E-state index is 12.5. The summed E-state index contributed by atoms with van der Waals surface area (Å²) in [4.78, 5) is 14.5. The van der Waals surface area contributed by atoms with E-state index in [4.69, 9.17) is 0 Å². The normalized spacial score (nSPS) is 18.1. The Morgan fingerprint density at radius 1 is 1.38 bits per heavy atom. The van der Waals surface area contributed by atoms with Gasteiger partial charge in [-0.3, -0.25) is 4.79 Å². The van der Waals surface area contributed by atoms with Gasteiger partial charge < -0.3 is 10.2 Å². The third kappa shape index (κ3) is 5.89. The van der Waals surface area contributed by atoms with Crippen molar-refractivity contribution in [1.29, 1.82) is 0 Å². The molecule has 3 nitrogen and oxygen atoms in total. The molecule has 1 aromatic rings. The summed E-state index contributed by atoms with van der Waals surface area (Å²) in [5.74, 6) is 2.45. The van der Waals surface area contributed by atoms with Crippen LogP contribution in [0.4, 0.5) is 0 Å². The van der Waals surface area contributed by atoms with Gasteiger partial charge in [0.1, 0.15) is 0 Å². The minimum absolute atomic E-state index is 0. The molecule has 0 spiro atoms. The maximum absolute atomic E-state index is 12.5. The third-order valence-electron chi connectivity index (χ3n) is 3.56. The van der Waals surface area contributed by atoms with Gasteiger partial charge in [0.15, 0.2) is 0 Å². The van der Waals surface area contributed by atoms with Gasteiger partial charge in [-0.15, -0.1) is 12.4 Å². The fraction of sp³-hybridized carbons (Fsp3) is 0.562. The number of halogens is 1. The number of rotatable bonds is 5. The highest BCUT2D eigenvalue weighted by molar-refractivity contribution is 7.99. The van der Waals surface area contributed by atoms with Gasteiger partial charge in [0.05, 0.1) is 0 Å². The van der Waals surface area contributed by atoms with Crippen LogP contribution >= 0.6 is 24.2 Å². The Kier molecular flexibility index (Phi) is 8.15. The second kappa shape index (κ2) is 9.34. The van der Waals surface area contributed by atoms with E-state index in [2.05, 4.69) is 31.3 Å². The van der Waals surface area contributed by atoms with Crippen LogP contribution in [0.15, 0.2) is 30.3 Å². The van der Waals surface area contributed by atoms with E-state index in [9.17, 15) is 4.79 Å². The zero-order valence-corrected chi connectivity index (χ0v) is 14.4. The molecule has 1 unspecified atom stereocenters. The van der Waals surface area contributed by atoms with Crippen molar-refractivity contribution in [1.82, 2.24) is 10.2 Å². The summed E-state index contributed by atoms with van der Waals surface area (Å²) in [6.07, 6.45) is 0.609.